The van der Waals surface area contributed by atoms with Crippen molar-refractivity contribution in [3.8, 4) is 0 Å². The molecule has 0 aliphatic rings. The van der Waals surface area contributed by atoms with E-state index in [1.165, 1.54) is 0 Å². The molecule has 0 fully saturated rings. The lowest BCUT2D eigenvalue weighted by molar-refractivity contribution is -0.123. The normalized spacial score (nSPS) is 11.9. The van der Waals surface area contributed by atoms with Crippen LogP contribution < -0.4 is 16.8 Å². The lowest BCUT2D eigenvalue weighted by Gasteiger charge is -2.22. The van der Waals surface area contributed by atoms with Gasteiger partial charge in [0.1, 0.15) is 0 Å². The highest BCUT2D eigenvalue weighted by molar-refractivity contribution is 5.82. The van der Waals surface area contributed by atoms with Crippen LogP contribution in [0, 0.1) is 0 Å². The number of hydrogen-bond donors (Lipinski definition) is 3. The van der Waals surface area contributed by atoms with E-state index in [2.05, 4.69) is 5.32 Å². The number of primary amides is 1. The Kier molecular flexibility index (Phi) is 6.51. The third-order valence-corrected chi connectivity index (χ3v) is 3.83. The molecule has 0 heterocycles. The molecule has 0 aliphatic heterocycles. The van der Waals surface area contributed by atoms with Gasteiger partial charge >= 0.3 is 0 Å². The maximum Gasteiger partial charge on any atom is 0.237 e. The fourth-order valence-corrected chi connectivity index (χ4v) is 2.53. The number of nitrogens with one attached hydrogen (secondary N) is 1. The number of hydrogen-bond acceptors (Lipinski definition) is 3. The van der Waals surface area contributed by atoms with E-state index in [9.17, 15) is 9.59 Å². The summed E-state index contributed by atoms with van der Waals surface area (Å²) in [7, 11) is 0. The first-order valence-electron chi connectivity index (χ1n) is 8.02. The Morgan fingerprint density at radius 3 is 1.88 bits per heavy atom. The molecular formula is C19H23N3O2. The van der Waals surface area contributed by atoms with Crippen LogP contribution in [0.4, 0.5) is 0 Å². The largest absolute Gasteiger partial charge is 0.370 e. The van der Waals surface area contributed by atoms with Gasteiger partial charge in [0.25, 0.3) is 0 Å². The van der Waals surface area contributed by atoms with Crippen LogP contribution in [0.25, 0.3) is 0 Å². The van der Waals surface area contributed by atoms with Crippen LogP contribution in [0.1, 0.15) is 36.4 Å². The van der Waals surface area contributed by atoms with Gasteiger partial charge in [0.15, 0.2) is 0 Å². The summed E-state index contributed by atoms with van der Waals surface area (Å²) in [5.41, 5.74) is 13.0. The Labute approximate surface area is 142 Å². The maximum absolute atomic E-state index is 12.4. The van der Waals surface area contributed by atoms with Crippen LogP contribution in [0.3, 0.4) is 0 Å². The maximum atomic E-state index is 12.4. The molecule has 2 rings (SSSR count). The number of rotatable bonds is 8. The van der Waals surface area contributed by atoms with Gasteiger partial charge in [0.05, 0.1) is 12.1 Å². The second-order valence-electron chi connectivity index (χ2n) is 5.73. The quantitative estimate of drug-likeness (QED) is 0.691. The highest BCUT2D eigenvalue weighted by Crippen LogP contribution is 2.21. The summed E-state index contributed by atoms with van der Waals surface area (Å²) < 4.78 is 0. The van der Waals surface area contributed by atoms with Crippen LogP contribution in [0.5, 0.6) is 0 Å². The molecule has 2 aromatic carbocycles. The summed E-state index contributed by atoms with van der Waals surface area (Å²) in [5, 5.41) is 3.01. The van der Waals surface area contributed by atoms with E-state index in [0.717, 1.165) is 11.1 Å². The third-order valence-electron chi connectivity index (χ3n) is 3.83. The third kappa shape index (κ3) is 5.21. The minimum atomic E-state index is -0.667. The average molecular weight is 325 g/mol. The number of nitrogens with two attached hydrogens (primary N) is 2. The first-order valence-corrected chi connectivity index (χ1v) is 8.02. The van der Waals surface area contributed by atoms with Crippen molar-refractivity contribution in [2.24, 2.45) is 11.5 Å². The lowest BCUT2D eigenvalue weighted by atomic mass is 9.98. The topological polar surface area (TPSA) is 98.2 Å². The summed E-state index contributed by atoms with van der Waals surface area (Å²) in [4.78, 5) is 23.2. The zero-order valence-corrected chi connectivity index (χ0v) is 13.5. The van der Waals surface area contributed by atoms with Crippen molar-refractivity contribution < 1.29 is 9.59 Å². The van der Waals surface area contributed by atoms with Crippen LogP contribution >= 0.6 is 0 Å². The Hall–Kier alpha value is -2.66. The van der Waals surface area contributed by atoms with E-state index >= 15 is 0 Å². The average Bonchev–Trinajstić information content (AvgIpc) is 2.60. The number of benzene rings is 2. The van der Waals surface area contributed by atoms with Gasteiger partial charge in [0.2, 0.25) is 11.8 Å². The summed E-state index contributed by atoms with van der Waals surface area (Å²) in [5.74, 6) is -0.619. The molecule has 2 amide bonds. The summed E-state index contributed by atoms with van der Waals surface area (Å²) in [6, 6.07) is 18.6. The Morgan fingerprint density at radius 1 is 0.917 bits per heavy atom. The summed E-state index contributed by atoms with van der Waals surface area (Å²) in [6.07, 6.45) is 1.16. The van der Waals surface area contributed by atoms with Crippen LogP contribution in [-0.4, -0.2) is 17.9 Å². The van der Waals surface area contributed by atoms with Crippen LogP contribution in [-0.2, 0) is 9.59 Å². The zero-order chi connectivity index (χ0) is 17.4. The van der Waals surface area contributed by atoms with E-state index in [0.29, 0.717) is 12.8 Å². The van der Waals surface area contributed by atoms with E-state index in [4.69, 9.17) is 11.5 Å². The van der Waals surface area contributed by atoms with Crippen molar-refractivity contribution in [3.05, 3.63) is 71.8 Å². The fourth-order valence-electron chi connectivity index (χ4n) is 2.53. The standard InChI is InChI=1S/C19H23N3O2/c20-16(12-7-13-17(21)23)19(24)22-18(14-8-3-1-4-9-14)15-10-5-2-6-11-15/h1-6,8-11,16,18H,7,12-13,20H2,(H2,21,23)(H,22,24)/t16-/m0/s1. The van der Waals surface area contributed by atoms with Crippen molar-refractivity contribution in [1.82, 2.24) is 5.32 Å². The van der Waals surface area contributed by atoms with E-state index in [-0.39, 0.29) is 24.3 Å². The highest BCUT2D eigenvalue weighted by Gasteiger charge is 2.20. The van der Waals surface area contributed by atoms with Gasteiger partial charge in [-0.1, -0.05) is 60.7 Å². The van der Waals surface area contributed by atoms with Crippen molar-refractivity contribution in [3.63, 3.8) is 0 Å². The van der Waals surface area contributed by atoms with Gasteiger partial charge in [-0.25, -0.2) is 0 Å². The fraction of sp³-hybridized carbons (Fsp3) is 0.263. The molecule has 126 valence electrons. The predicted octanol–water partition coefficient (Wildman–Crippen LogP) is 1.88. The van der Waals surface area contributed by atoms with Crippen molar-refractivity contribution in [2.45, 2.75) is 31.3 Å². The molecule has 1 atom stereocenters. The molecule has 2 aromatic rings. The summed E-state index contributed by atoms with van der Waals surface area (Å²) >= 11 is 0. The first kappa shape index (κ1) is 17.7. The molecule has 0 aromatic heterocycles. The second-order valence-corrected chi connectivity index (χ2v) is 5.73. The molecule has 5 nitrogen and oxygen atoms in total. The molecule has 24 heavy (non-hydrogen) atoms. The van der Waals surface area contributed by atoms with Gasteiger partial charge in [-0.15, -0.1) is 0 Å². The Morgan fingerprint density at radius 2 is 1.42 bits per heavy atom. The number of carbonyl (C=O) groups excluding carboxylic acids is 2. The van der Waals surface area contributed by atoms with E-state index in [1.54, 1.807) is 0 Å². The Balaban J connectivity index is 2.08. The molecule has 0 radical (unpaired) electrons. The van der Waals surface area contributed by atoms with E-state index in [1.807, 2.05) is 60.7 Å². The van der Waals surface area contributed by atoms with Gasteiger partial charge in [-0.05, 0) is 24.0 Å². The Bertz CT molecular complexity index is 619. The van der Waals surface area contributed by atoms with Crippen molar-refractivity contribution in [1.29, 1.82) is 0 Å². The molecule has 5 heteroatoms. The van der Waals surface area contributed by atoms with Crippen LogP contribution in [0.15, 0.2) is 60.7 Å². The summed E-state index contributed by atoms with van der Waals surface area (Å²) in [6.45, 7) is 0. The van der Waals surface area contributed by atoms with Gasteiger partial charge in [0, 0.05) is 6.42 Å². The molecule has 0 unspecified atom stereocenters. The van der Waals surface area contributed by atoms with E-state index < -0.39 is 6.04 Å². The van der Waals surface area contributed by atoms with Gasteiger partial charge in [-0.2, -0.15) is 0 Å². The van der Waals surface area contributed by atoms with Crippen molar-refractivity contribution in [2.75, 3.05) is 0 Å². The molecule has 5 N–H and O–H groups in total. The molecule has 0 spiro atoms. The van der Waals surface area contributed by atoms with Crippen molar-refractivity contribution >= 4 is 11.8 Å². The van der Waals surface area contributed by atoms with Gasteiger partial charge < -0.3 is 16.8 Å². The van der Waals surface area contributed by atoms with Crippen LogP contribution in [0.2, 0.25) is 0 Å². The smallest absolute Gasteiger partial charge is 0.237 e. The minimum absolute atomic E-state index is 0.238. The SMILES string of the molecule is NC(=O)CCC[C@H](N)C(=O)NC(c1ccccc1)c1ccccc1. The monoisotopic (exact) mass is 325 g/mol. The lowest BCUT2D eigenvalue weighted by Crippen LogP contribution is -2.42. The second kappa shape index (κ2) is 8.84. The van der Waals surface area contributed by atoms with Gasteiger partial charge in [-0.3, -0.25) is 9.59 Å². The highest BCUT2D eigenvalue weighted by atomic mass is 16.2. The molecule has 0 aliphatic carbocycles. The predicted molar refractivity (Wildman–Crippen MR) is 93.9 cm³/mol. The molecule has 0 saturated heterocycles. The number of carbonyl (C=O) groups is 2. The molecular weight excluding hydrogens is 302 g/mol. The zero-order valence-electron chi connectivity index (χ0n) is 13.5. The molecule has 0 bridgehead atoms. The first-order chi connectivity index (χ1) is 11.6. The number of amides is 2. The minimum Gasteiger partial charge on any atom is -0.370 e. The molecule has 0 saturated carbocycles.